The van der Waals surface area contributed by atoms with Gasteiger partial charge in [-0.15, -0.1) is 10.2 Å². The number of hydrogen-bond acceptors (Lipinski definition) is 3. The van der Waals surface area contributed by atoms with Gasteiger partial charge in [-0.1, -0.05) is 43.7 Å². The molecule has 0 unspecified atom stereocenters. The molecular weight excluding hydrogens is 300 g/mol. The Labute approximate surface area is 144 Å². The number of guanidine groups is 1. The predicted octanol–water partition coefficient (Wildman–Crippen LogP) is 2.20. The summed E-state index contributed by atoms with van der Waals surface area (Å²) in [5.74, 6) is 2.60. The van der Waals surface area contributed by atoms with Crippen LogP contribution in [0.4, 0.5) is 0 Å². The molecule has 0 saturated carbocycles. The maximum absolute atomic E-state index is 4.64. The maximum atomic E-state index is 4.64. The van der Waals surface area contributed by atoms with Gasteiger partial charge in [-0.25, -0.2) is 4.99 Å². The quantitative estimate of drug-likeness (QED) is 0.443. The molecule has 0 atom stereocenters. The van der Waals surface area contributed by atoms with Crippen LogP contribution < -0.4 is 10.6 Å². The van der Waals surface area contributed by atoms with Crippen LogP contribution in [0.2, 0.25) is 0 Å². The molecule has 0 aliphatic carbocycles. The second-order valence-electron chi connectivity index (χ2n) is 5.83. The lowest BCUT2D eigenvalue weighted by atomic mass is 10.1. The highest BCUT2D eigenvalue weighted by atomic mass is 15.3. The van der Waals surface area contributed by atoms with Crippen molar-refractivity contribution in [3.63, 3.8) is 0 Å². The number of aliphatic imine (C=N–C) groups is 1. The van der Waals surface area contributed by atoms with Crippen LogP contribution in [0.3, 0.4) is 0 Å². The Balaban J connectivity index is 1.90. The van der Waals surface area contributed by atoms with E-state index in [2.05, 4.69) is 57.0 Å². The van der Waals surface area contributed by atoms with E-state index in [1.54, 1.807) is 0 Å². The number of aromatic nitrogens is 3. The Hall–Kier alpha value is -2.37. The van der Waals surface area contributed by atoms with E-state index in [-0.39, 0.29) is 0 Å². The molecular formula is C18H28N6. The van der Waals surface area contributed by atoms with Crippen LogP contribution in [0.25, 0.3) is 0 Å². The van der Waals surface area contributed by atoms with Crippen LogP contribution in [0.5, 0.6) is 0 Å². The number of hydrogen-bond donors (Lipinski definition) is 2. The molecule has 1 aromatic heterocycles. The molecule has 1 aromatic carbocycles. The van der Waals surface area contributed by atoms with Crippen molar-refractivity contribution in [2.75, 3.05) is 13.1 Å². The van der Waals surface area contributed by atoms with Crippen LogP contribution in [-0.4, -0.2) is 33.8 Å². The third-order valence-electron chi connectivity index (χ3n) is 3.93. The Morgan fingerprint density at radius 2 is 1.88 bits per heavy atom. The second-order valence-corrected chi connectivity index (χ2v) is 5.83. The van der Waals surface area contributed by atoms with E-state index in [0.29, 0.717) is 6.54 Å². The van der Waals surface area contributed by atoms with Crippen LogP contribution >= 0.6 is 0 Å². The van der Waals surface area contributed by atoms with E-state index in [0.717, 1.165) is 50.0 Å². The molecule has 0 saturated heterocycles. The van der Waals surface area contributed by atoms with Gasteiger partial charge in [0.1, 0.15) is 12.4 Å². The molecule has 24 heavy (non-hydrogen) atoms. The van der Waals surface area contributed by atoms with E-state index >= 15 is 0 Å². The molecule has 0 aliphatic rings. The SMILES string of the molecule is CCCCNC(=NCc1nnc(C)n1C)NCCc1ccccc1. The molecule has 0 aliphatic heterocycles. The Bertz CT molecular complexity index is 632. The topological polar surface area (TPSA) is 67.1 Å². The molecule has 0 spiro atoms. The zero-order valence-electron chi connectivity index (χ0n) is 14.9. The zero-order valence-corrected chi connectivity index (χ0v) is 14.9. The first-order chi connectivity index (χ1) is 11.7. The summed E-state index contributed by atoms with van der Waals surface area (Å²) in [5, 5.41) is 15.0. The van der Waals surface area contributed by atoms with Gasteiger partial charge in [0, 0.05) is 20.1 Å². The Kier molecular flexibility index (Phi) is 7.26. The normalized spacial score (nSPS) is 11.5. The number of aryl methyl sites for hydroxylation is 1. The summed E-state index contributed by atoms with van der Waals surface area (Å²) in [6, 6.07) is 10.5. The molecule has 2 rings (SSSR count). The summed E-state index contributed by atoms with van der Waals surface area (Å²) in [6.45, 7) is 6.41. The lowest BCUT2D eigenvalue weighted by Gasteiger charge is -2.12. The highest BCUT2D eigenvalue weighted by Crippen LogP contribution is 2.00. The molecule has 0 fully saturated rings. The number of benzene rings is 1. The van der Waals surface area contributed by atoms with E-state index < -0.39 is 0 Å². The molecule has 1 heterocycles. The second kappa shape index (κ2) is 9.70. The number of nitrogens with zero attached hydrogens (tertiary/aromatic N) is 4. The van der Waals surface area contributed by atoms with Crippen molar-refractivity contribution >= 4 is 5.96 Å². The van der Waals surface area contributed by atoms with Crippen LogP contribution in [0.1, 0.15) is 37.0 Å². The molecule has 0 bridgehead atoms. The first kappa shape index (κ1) is 18.0. The summed E-state index contributed by atoms with van der Waals surface area (Å²) in [4.78, 5) is 4.64. The van der Waals surface area contributed by atoms with Crippen molar-refractivity contribution in [2.45, 2.75) is 39.7 Å². The van der Waals surface area contributed by atoms with Gasteiger partial charge in [-0.3, -0.25) is 0 Å². The van der Waals surface area contributed by atoms with Gasteiger partial charge in [0.05, 0.1) is 0 Å². The standard InChI is InChI=1S/C18H28N6/c1-4-5-12-19-18(20-13-11-16-9-7-6-8-10-16)21-14-17-23-22-15(2)24(17)3/h6-10H,4-5,11-14H2,1-3H3,(H2,19,20,21). The molecule has 0 radical (unpaired) electrons. The van der Waals surface area contributed by atoms with E-state index in [1.807, 2.05) is 24.6 Å². The van der Waals surface area contributed by atoms with Gasteiger partial charge in [0.25, 0.3) is 0 Å². The van der Waals surface area contributed by atoms with Gasteiger partial charge in [-0.2, -0.15) is 0 Å². The summed E-state index contributed by atoms with van der Waals surface area (Å²) < 4.78 is 1.97. The van der Waals surface area contributed by atoms with Crippen molar-refractivity contribution in [1.82, 2.24) is 25.4 Å². The first-order valence-corrected chi connectivity index (χ1v) is 8.61. The van der Waals surface area contributed by atoms with Gasteiger partial charge < -0.3 is 15.2 Å². The first-order valence-electron chi connectivity index (χ1n) is 8.61. The molecule has 6 nitrogen and oxygen atoms in total. The number of rotatable bonds is 8. The van der Waals surface area contributed by atoms with Gasteiger partial charge in [0.15, 0.2) is 11.8 Å². The minimum Gasteiger partial charge on any atom is -0.356 e. The van der Waals surface area contributed by atoms with E-state index in [4.69, 9.17) is 0 Å². The molecule has 130 valence electrons. The fourth-order valence-corrected chi connectivity index (χ4v) is 2.27. The van der Waals surface area contributed by atoms with Crippen molar-refractivity contribution in [3.8, 4) is 0 Å². The molecule has 2 N–H and O–H groups in total. The third-order valence-corrected chi connectivity index (χ3v) is 3.93. The Morgan fingerprint density at radius 3 is 2.54 bits per heavy atom. The molecule has 0 amide bonds. The smallest absolute Gasteiger partial charge is 0.191 e. The number of unbranched alkanes of at least 4 members (excludes halogenated alkanes) is 1. The summed E-state index contributed by atoms with van der Waals surface area (Å²) >= 11 is 0. The van der Waals surface area contributed by atoms with Crippen molar-refractivity contribution < 1.29 is 0 Å². The average molecular weight is 328 g/mol. The largest absolute Gasteiger partial charge is 0.356 e. The minimum atomic E-state index is 0.518. The number of nitrogens with one attached hydrogen (secondary N) is 2. The zero-order chi connectivity index (χ0) is 17.2. The lowest BCUT2D eigenvalue weighted by molar-refractivity contribution is 0.714. The maximum Gasteiger partial charge on any atom is 0.191 e. The van der Waals surface area contributed by atoms with Gasteiger partial charge in [0.2, 0.25) is 0 Å². The molecule has 6 heteroatoms. The summed E-state index contributed by atoms with van der Waals surface area (Å²) in [7, 11) is 1.97. The van der Waals surface area contributed by atoms with E-state index in [9.17, 15) is 0 Å². The third kappa shape index (κ3) is 5.68. The highest BCUT2D eigenvalue weighted by Gasteiger charge is 2.05. The van der Waals surface area contributed by atoms with Crippen molar-refractivity contribution in [1.29, 1.82) is 0 Å². The highest BCUT2D eigenvalue weighted by molar-refractivity contribution is 5.79. The summed E-state index contributed by atoms with van der Waals surface area (Å²) in [5.41, 5.74) is 1.32. The molecule has 2 aromatic rings. The van der Waals surface area contributed by atoms with Crippen molar-refractivity contribution in [3.05, 3.63) is 47.5 Å². The van der Waals surface area contributed by atoms with Gasteiger partial charge in [-0.05, 0) is 25.3 Å². The fourth-order valence-electron chi connectivity index (χ4n) is 2.27. The van der Waals surface area contributed by atoms with Crippen molar-refractivity contribution in [2.24, 2.45) is 12.0 Å². The summed E-state index contributed by atoms with van der Waals surface area (Å²) in [6.07, 6.45) is 3.26. The minimum absolute atomic E-state index is 0.518. The monoisotopic (exact) mass is 328 g/mol. The fraction of sp³-hybridized carbons (Fsp3) is 0.500. The lowest BCUT2D eigenvalue weighted by Crippen LogP contribution is -2.39. The Morgan fingerprint density at radius 1 is 1.12 bits per heavy atom. The van der Waals surface area contributed by atoms with Crippen LogP contribution in [0.15, 0.2) is 35.3 Å². The average Bonchev–Trinajstić information content (AvgIpc) is 2.92. The van der Waals surface area contributed by atoms with E-state index in [1.165, 1.54) is 5.56 Å². The van der Waals surface area contributed by atoms with Crippen LogP contribution in [-0.2, 0) is 20.0 Å². The van der Waals surface area contributed by atoms with Gasteiger partial charge >= 0.3 is 0 Å². The van der Waals surface area contributed by atoms with Crippen LogP contribution in [0, 0.1) is 6.92 Å². The predicted molar refractivity (Wildman–Crippen MR) is 97.9 cm³/mol.